The van der Waals surface area contributed by atoms with E-state index in [1.54, 1.807) is 12.1 Å². The molecule has 0 aliphatic rings. The molecule has 0 aliphatic carbocycles. The molecule has 1 N–H and O–H groups in total. The van der Waals surface area contributed by atoms with Crippen LogP contribution in [-0.4, -0.2) is 12.5 Å². The largest absolute Gasteiger partial charge is 0.355 e. The summed E-state index contributed by atoms with van der Waals surface area (Å²) in [4.78, 5) is 11.7. The summed E-state index contributed by atoms with van der Waals surface area (Å²) in [6.07, 6.45) is 0.306. The van der Waals surface area contributed by atoms with Gasteiger partial charge in [0.2, 0.25) is 5.91 Å². The smallest absolute Gasteiger partial charge is 0.237 e. The van der Waals surface area contributed by atoms with Crippen molar-refractivity contribution in [1.82, 2.24) is 5.32 Å². The van der Waals surface area contributed by atoms with Gasteiger partial charge in [0.15, 0.2) is 0 Å². The molecule has 3 nitrogen and oxygen atoms in total. The molecule has 18 heavy (non-hydrogen) atoms. The Balaban J connectivity index is 2.59. The Morgan fingerprint density at radius 1 is 1.39 bits per heavy atom. The molecule has 1 atom stereocenters. The van der Waals surface area contributed by atoms with E-state index in [1.165, 1.54) is 12.1 Å². The SMILES string of the molecule is CC(C)CNC(=O)C(C#N)Cc1ccc(F)cc1. The molecule has 1 aromatic carbocycles. The summed E-state index contributed by atoms with van der Waals surface area (Å²) >= 11 is 0. The zero-order chi connectivity index (χ0) is 13.5. The first-order valence-electron chi connectivity index (χ1n) is 5.94. The molecule has 0 aromatic heterocycles. The van der Waals surface area contributed by atoms with Crippen LogP contribution in [0.5, 0.6) is 0 Å². The lowest BCUT2D eigenvalue weighted by molar-refractivity contribution is -0.123. The van der Waals surface area contributed by atoms with Crippen molar-refractivity contribution >= 4 is 5.91 Å². The molecule has 0 aliphatic heterocycles. The third-order valence-corrected chi connectivity index (χ3v) is 2.51. The minimum Gasteiger partial charge on any atom is -0.355 e. The molecule has 0 bridgehead atoms. The van der Waals surface area contributed by atoms with Gasteiger partial charge in [0, 0.05) is 6.54 Å². The van der Waals surface area contributed by atoms with Gasteiger partial charge in [-0.3, -0.25) is 4.79 Å². The van der Waals surface area contributed by atoms with Gasteiger partial charge in [-0.2, -0.15) is 5.26 Å². The number of amides is 1. The summed E-state index contributed by atoms with van der Waals surface area (Å²) in [7, 11) is 0. The van der Waals surface area contributed by atoms with E-state index >= 15 is 0 Å². The Morgan fingerprint density at radius 3 is 2.50 bits per heavy atom. The number of benzene rings is 1. The van der Waals surface area contributed by atoms with Crippen molar-refractivity contribution in [2.75, 3.05) is 6.54 Å². The average molecular weight is 248 g/mol. The maximum Gasteiger partial charge on any atom is 0.237 e. The standard InChI is InChI=1S/C14H17FN2O/c1-10(2)9-17-14(18)12(8-16)7-11-3-5-13(15)6-4-11/h3-6,10,12H,7,9H2,1-2H3,(H,17,18). The van der Waals surface area contributed by atoms with Gasteiger partial charge in [0.25, 0.3) is 0 Å². The number of rotatable bonds is 5. The second-order valence-electron chi connectivity index (χ2n) is 4.65. The zero-order valence-corrected chi connectivity index (χ0v) is 10.6. The molecule has 0 spiro atoms. The quantitative estimate of drug-likeness (QED) is 0.869. The summed E-state index contributed by atoms with van der Waals surface area (Å²) < 4.78 is 12.7. The Morgan fingerprint density at radius 2 is 2.00 bits per heavy atom. The summed E-state index contributed by atoms with van der Waals surface area (Å²) in [5.74, 6) is -0.972. The number of nitriles is 1. The highest BCUT2D eigenvalue weighted by molar-refractivity contribution is 5.81. The fourth-order valence-corrected chi connectivity index (χ4v) is 1.48. The third kappa shape index (κ3) is 4.54. The van der Waals surface area contributed by atoms with E-state index in [2.05, 4.69) is 5.32 Å². The number of nitrogens with zero attached hydrogens (tertiary/aromatic N) is 1. The van der Waals surface area contributed by atoms with Crippen LogP contribution >= 0.6 is 0 Å². The van der Waals surface area contributed by atoms with E-state index in [9.17, 15) is 9.18 Å². The number of halogens is 1. The number of carbonyl (C=O) groups excluding carboxylic acids is 1. The molecule has 1 amide bonds. The van der Waals surface area contributed by atoms with Crippen LogP contribution in [-0.2, 0) is 11.2 Å². The van der Waals surface area contributed by atoms with Gasteiger partial charge >= 0.3 is 0 Å². The summed E-state index contributed by atoms with van der Waals surface area (Å²) in [6, 6.07) is 7.83. The Hall–Kier alpha value is -1.89. The molecule has 0 saturated heterocycles. The molecule has 0 fully saturated rings. The molecule has 1 unspecified atom stereocenters. The van der Waals surface area contributed by atoms with E-state index in [0.717, 1.165) is 5.56 Å². The second kappa shape index (κ2) is 6.75. The summed E-state index contributed by atoms with van der Waals surface area (Å²) in [5.41, 5.74) is 0.780. The molecule has 1 aromatic rings. The highest BCUT2D eigenvalue weighted by Gasteiger charge is 2.18. The molecule has 1 rings (SSSR count). The van der Waals surface area contributed by atoms with Crippen LogP contribution in [0.1, 0.15) is 19.4 Å². The number of hydrogen-bond acceptors (Lipinski definition) is 2. The lowest BCUT2D eigenvalue weighted by atomic mass is 9.99. The summed E-state index contributed by atoms with van der Waals surface area (Å²) in [6.45, 7) is 4.53. The van der Waals surface area contributed by atoms with Crippen molar-refractivity contribution in [3.8, 4) is 6.07 Å². The predicted octanol–water partition coefficient (Wildman–Crippen LogP) is 2.28. The van der Waals surface area contributed by atoms with E-state index in [4.69, 9.17) is 5.26 Å². The minimum atomic E-state index is -0.728. The number of hydrogen-bond donors (Lipinski definition) is 1. The van der Waals surface area contributed by atoms with Crippen LogP contribution in [0.25, 0.3) is 0 Å². The number of nitrogens with one attached hydrogen (secondary N) is 1. The molecule has 0 saturated carbocycles. The van der Waals surface area contributed by atoms with Crippen LogP contribution in [0.15, 0.2) is 24.3 Å². The molecule has 4 heteroatoms. The van der Waals surface area contributed by atoms with Gasteiger partial charge in [0.05, 0.1) is 6.07 Å². The van der Waals surface area contributed by atoms with Crippen LogP contribution in [0.4, 0.5) is 4.39 Å². The maximum atomic E-state index is 12.7. The minimum absolute atomic E-state index is 0.268. The zero-order valence-electron chi connectivity index (χ0n) is 10.6. The van der Waals surface area contributed by atoms with E-state index in [1.807, 2.05) is 19.9 Å². The second-order valence-corrected chi connectivity index (χ2v) is 4.65. The topological polar surface area (TPSA) is 52.9 Å². The van der Waals surface area contributed by atoms with Crippen LogP contribution < -0.4 is 5.32 Å². The number of carbonyl (C=O) groups is 1. The highest BCUT2D eigenvalue weighted by atomic mass is 19.1. The third-order valence-electron chi connectivity index (χ3n) is 2.51. The first kappa shape index (κ1) is 14.2. The molecular weight excluding hydrogens is 231 g/mol. The van der Waals surface area contributed by atoms with Crippen LogP contribution in [0, 0.1) is 29.0 Å². The van der Waals surface area contributed by atoms with Gasteiger partial charge in [-0.15, -0.1) is 0 Å². The first-order chi connectivity index (χ1) is 8.52. The van der Waals surface area contributed by atoms with Gasteiger partial charge in [-0.25, -0.2) is 4.39 Å². The van der Waals surface area contributed by atoms with E-state index in [0.29, 0.717) is 18.9 Å². The predicted molar refractivity (Wildman–Crippen MR) is 67.1 cm³/mol. The molecule has 0 radical (unpaired) electrons. The van der Waals surface area contributed by atoms with E-state index < -0.39 is 5.92 Å². The Labute approximate surface area is 107 Å². The molecule has 0 heterocycles. The lowest BCUT2D eigenvalue weighted by Crippen LogP contribution is -2.33. The maximum absolute atomic E-state index is 12.7. The van der Waals surface area contributed by atoms with Crippen molar-refractivity contribution in [3.63, 3.8) is 0 Å². The van der Waals surface area contributed by atoms with Gasteiger partial charge in [-0.1, -0.05) is 26.0 Å². The first-order valence-corrected chi connectivity index (χ1v) is 5.94. The average Bonchev–Trinajstić information content (AvgIpc) is 2.35. The van der Waals surface area contributed by atoms with Crippen molar-refractivity contribution in [3.05, 3.63) is 35.6 Å². The van der Waals surface area contributed by atoms with Gasteiger partial charge in [-0.05, 0) is 30.0 Å². The van der Waals surface area contributed by atoms with Crippen LogP contribution in [0.2, 0.25) is 0 Å². The normalized spacial score (nSPS) is 11.9. The highest BCUT2D eigenvalue weighted by Crippen LogP contribution is 2.10. The van der Waals surface area contributed by atoms with Gasteiger partial charge in [0.1, 0.15) is 11.7 Å². The monoisotopic (exact) mass is 248 g/mol. The fraction of sp³-hybridized carbons (Fsp3) is 0.429. The lowest BCUT2D eigenvalue weighted by Gasteiger charge is -2.11. The van der Waals surface area contributed by atoms with Crippen molar-refractivity contribution in [1.29, 1.82) is 5.26 Å². The van der Waals surface area contributed by atoms with E-state index in [-0.39, 0.29) is 11.7 Å². The summed E-state index contributed by atoms with van der Waals surface area (Å²) in [5, 5.41) is 11.7. The van der Waals surface area contributed by atoms with Crippen LogP contribution in [0.3, 0.4) is 0 Å². The Bertz CT molecular complexity index is 434. The van der Waals surface area contributed by atoms with Crippen molar-refractivity contribution in [2.45, 2.75) is 20.3 Å². The van der Waals surface area contributed by atoms with Crippen molar-refractivity contribution in [2.24, 2.45) is 11.8 Å². The van der Waals surface area contributed by atoms with Crippen molar-refractivity contribution < 1.29 is 9.18 Å². The van der Waals surface area contributed by atoms with Gasteiger partial charge < -0.3 is 5.32 Å². The molecule has 96 valence electrons. The fourth-order valence-electron chi connectivity index (χ4n) is 1.48. The Kier molecular flexibility index (Phi) is 5.31. The molecular formula is C14H17FN2O.